The van der Waals surface area contributed by atoms with E-state index in [4.69, 9.17) is 9.47 Å². The van der Waals surface area contributed by atoms with Crippen LogP contribution in [0.4, 0.5) is 0 Å². The summed E-state index contributed by atoms with van der Waals surface area (Å²) in [6.45, 7) is 3.25. The molecule has 1 N–H and O–H groups in total. The zero-order chi connectivity index (χ0) is 24.3. The molecular weight excluding hydrogens is 436 g/mol. The molecular formula is C26H26N2O6. The van der Waals surface area contributed by atoms with Crippen molar-refractivity contribution in [3.63, 3.8) is 0 Å². The SMILES string of the molecule is CCOC(=O)C1(C(=O)OCC)N[C@H](c2ccc3ccccc3c2)[C@@H]([N+](=O)[O-])[C@@H]1c1ccccc1. The van der Waals surface area contributed by atoms with Crippen molar-refractivity contribution in [2.24, 2.45) is 0 Å². The minimum absolute atomic E-state index is 0.00690. The second-order valence-electron chi connectivity index (χ2n) is 8.14. The van der Waals surface area contributed by atoms with Crippen LogP contribution in [0.2, 0.25) is 0 Å². The standard InChI is InChI=1S/C26H26N2O6/c1-3-33-24(29)26(25(30)34-4-2)21(18-11-6-5-7-12-18)23(28(31)32)22(27-26)20-15-14-17-10-8-9-13-19(17)16-20/h5-16,21-23,27H,3-4H2,1-2H3/t21-,22+,23-/m0/s1. The van der Waals surface area contributed by atoms with Crippen LogP contribution in [-0.4, -0.2) is 41.7 Å². The number of carbonyl (C=O) groups excluding carboxylic acids is 2. The number of nitrogens with one attached hydrogen (secondary N) is 1. The van der Waals surface area contributed by atoms with E-state index in [-0.39, 0.29) is 13.2 Å². The van der Waals surface area contributed by atoms with Crippen molar-refractivity contribution >= 4 is 22.7 Å². The van der Waals surface area contributed by atoms with E-state index in [1.807, 2.05) is 36.4 Å². The average Bonchev–Trinajstić information content (AvgIpc) is 3.22. The fourth-order valence-corrected chi connectivity index (χ4v) is 4.85. The molecule has 0 saturated carbocycles. The molecule has 0 aliphatic carbocycles. The van der Waals surface area contributed by atoms with Crippen LogP contribution in [0.3, 0.4) is 0 Å². The zero-order valence-electron chi connectivity index (χ0n) is 19.0. The Balaban J connectivity index is 1.95. The summed E-state index contributed by atoms with van der Waals surface area (Å²) in [5, 5.41) is 17.5. The Kier molecular flexibility index (Phi) is 6.61. The van der Waals surface area contributed by atoms with Gasteiger partial charge in [0.25, 0.3) is 0 Å². The molecule has 0 radical (unpaired) electrons. The van der Waals surface area contributed by atoms with E-state index in [0.29, 0.717) is 11.1 Å². The lowest BCUT2D eigenvalue weighted by Crippen LogP contribution is -2.60. The topological polar surface area (TPSA) is 108 Å². The number of nitro groups is 1. The Bertz CT molecular complexity index is 1190. The molecule has 3 atom stereocenters. The van der Waals surface area contributed by atoms with Gasteiger partial charge in [-0.05, 0) is 41.8 Å². The lowest BCUT2D eigenvalue weighted by Gasteiger charge is -2.30. The summed E-state index contributed by atoms with van der Waals surface area (Å²) in [7, 11) is 0. The number of nitrogens with zero attached hydrogens (tertiary/aromatic N) is 1. The minimum Gasteiger partial charge on any atom is -0.464 e. The molecule has 0 bridgehead atoms. The Hall–Kier alpha value is -3.78. The first-order chi connectivity index (χ1) is 16.4. The second-order valence-corrected chi connectivity index (χ2v) is 8.14. The van der Waals surface area contributed by atoms with Crippen molar-refractivity contribution in [2.45, 2.75) is 37.4 Å². The van der Waals surface area contributed by atoms with Crippen molar-refractivity contribution in [2.75, 3.05) is 13.2 Å². The van der Waals surface area contributed by atoms with Gasteiger partial charge in [0, 0.05) is 4.92 Å². The molecule has 8 heteroatoms. The van der Waals surface area contributed by atoms with E-state index in [1.54, 1.807) is 50.2 Å². The molecule has 3 aromatic carbocycles. The first kappa shape index (κ1) is 23.4. The lowest BCUT2D eigenvalue weighted by atomic mass is 9.77. The average molecular weight is 463 g/mol. The van der Waals surface area contributed by atoms with Gasteiger partial charge < -0.3 is 9.47 Å². The Morgan fingerprint density at radius 1 is 0.882 bits per heavy atom. The van der Waals surface area contributed by atoms with E-state index in [1.165, 1.54) is 0 Å². The summed E-state index contributed by atoms with van der Waals surface area (Å²) in [6.07, 6.45) is 0. The summed E-state index contributed by atoms with van der Waals surface area (Å²) >= 11 is 0. The summed E-state index contributed by atoms with van der Waals surface area (Å²) in [5.41, 5.74) is -1.01. The number of benzene rings is 3. The fraction of sp³-hybridized carbons (Fsp3) is 0.308. The molecule has 3 aromatic rings. The van der Waals surface area contributed by atoms with Crippen LogP contribution in [0.25, 0.3) is 10.8 Å². The maximum absolute atomic E-state index is 13.4. The van der Waals surface area contributed by atoms with Crippen LogP contribution < -0.4 is 5.32 Å². The lowest BCUT2D eigenvalue weighted by molar-refractivity contribution is -0.527. The summed E-state index contributed by atoms with van der Waals surface area (Å²) in [5.74, 6) is -2.94. The highest BCUT2D eigenvalue weighted by Gasteiger charge is 2.69. The smallest absolute Gasteiger partial charge is 0.339 e. The number of carbonyl (C=O) groups is 2. The van der Waals surface area contributed by atoms with Gasteiger partial charge in [0.15, 0.2) is 0 Å². The van der Waals surface area contributed by atoms with Gasteiger partial charge in [-0.2, -0.15) is 0 Å². The molecule has 0 amide bonds. The maximum atomic E-state index is 13.4. The number of ether oxygens (including phenoxy) is 2. The minimum atomic E-state index is -2.08. The van der Waals surface area contributed by atoms with Crippen LogP contribution in [0.5, 0.6) is 0 Å². The summed E-state index contributed by atoms with van der Waals surface area (Å²) in [6, 6.07) is 19.4. The fourth-order valence-electron chi connectivity index (χ4n) is 4.85. The summed E-state index contributed by atoms with van der Waals surface area (Å²) < 4.78 is 10.6. The number of fused-ring (bicyclic) bond motifs is 1. The van der Waals surface area contributed by atoms with E-state index in [9.17, 15) is 19.7 Å². The first-order valence-electron chi connectivity index (χ1n) is 11.2. The summed E-state index contributed by atoms with van der Waals surface area (Å²) in [4.78, 5) is 38.9. The molecule has 34 heavy (non-hydrogen) atoms. The van der Waals surface area contributed by atoms with Gasteiger partial charge in [0.05, 0.1) is 19.1 Å². The third kappa shape index (κ3) is 3.90. The number of hydrogen-bond acceptors (Lipinski definition) is 7. The molecule has 0 spiro atoms. The van der Waals surface area contributed by atoms with E-state index >= 15 is 0 Å². The first-order valence-corrected chi connectivity index (χ1v) is 11.2. The van der Waals surface area contributed by atoms with Gasteiger partial charge in [-0.3, -0.25) is 15.4 Å². The Morgan fingerprint density at radius 2 is 1.47 bits per heavy atom. The maximum Gasteiger partial charge on any atom is 0.339 e. The van der Waals surface area contributed by atoms with E-state index in [0.717, 1.165) is 10.8 Å². The molecule has 4 rings (SSSR count). The number of rotatable bonds is 7. The molecule has 0 aromatic heterocycles. The van der Waals surface area contributed by atoms with Crippen molar-refractivity contribution in [3.8, 4) is 0 Å². The molecule has 1 saturated heterocycles. The molecule has 1 aliphatic heterocycles. The van der Waals surface area contributed by atoms with Crippen molar-refractivity contribution in [1.29, 1.82) is 0 Å². The van der Waals surface area contributed by atoms with Gasteiger partial charge in [0.1, 0.15) is 6.04 Å². The second kappa shape index (κ2) is 9.61. The van der Waals surface area contributed by atoms with E-state index < -0.39 is 40.4 Å². The highest BCUT2D eigenvalue weighted by molar-refractivity contribution is 6.07. The van der Waals surface area contributed by atoms with Gasteiger partial charge in [-0.15, -0.1) is 0 Å². The zero-order valence-corrected chi connectivity index (χ0v) is 19.0. The third-order valence-electron chi connectivity index (χ3n) is 6.26. The predicted molar refractivity (Wildman–Crippen MR) is 126 cm³/mol. The monoisotopic (exact) mass is 462 g/mol. The molecule has 176 valence electrons. The molecule has 1 fully saturated rings. The van der Waals surface area contributed by atoms with Gasteiger partial charge in [0.2, 0.25) is 11.6 Å². The predicted octanol–water partition coefficient (Wildman–Crippen LogP) is 3.78. The van der Waals surface area contributed by atoms with Gasteiger partial charge in [-0.25, -0.2) is 9.59 Å². The molecule has 8 nitrogen and oxygen atoms in total. The van der Waals surface area contributed by atoms with Crippen LogP contribution >= 0.6 is 0 Å². The van der Waals surface area contributed by atoms with Crippen LogP contribution in [-0.2, 0) is 19.1 Å². The number of esters is 2. The van der Waals surface area contributed by atoms with E-state index in [2.05, 4.69) is 5.32 Å². The van der Waals surface area contributed by atoms with Crippen LogP contribution in [0.1, 0.15) is 36.9 Å². The van der Waals surface area contributed by atoms with Gasteiger partial charge in [-0.1, -0.05) is 66.7 Å². The third-order valence-corrected chi connectivity index (χ3v) is 6.26. The molecule has 1 aliphatic rings. The largest absolute Gasteiger partial charge is 0.464 e. The van der Waals surface area contributed by atoms with Gasteiger partial charge >= 0.3 is 11.9 Å². The highest BCUT2D eigenvalue weighted by atomic mass is 16.6. The Morgan fingerprint density at radius 3 is 2.06 bits per heavy atom. The van der Waals surface area contributed by atoms with Crippen LogP contribution in [0, 0.1) is 10.1 Å². The highest BCUT2D eigenvalue weighted by Crippen LogP contribution is 2.47. The van der Waals surface area contributed by atoms with Crippen molar-refractivity contribution < 1.29 is 24.0 Å². The molecule has 1 heterocycles. The van der Waals surface area contributed by atoms with Crippen molar-refractivity contribution in [3.05, 3.63) is 94.0 Å². The van der Waals surface area contributed by atoms with Crippen molar-refractivity contribution in [1.82, 2.24) is 5.32 Å². The normalized spacial score (nSPS) is 21.2. The van der Waals surface area contributed by atoms with Crippen LogP contribution in [0.15, 0.2) is 72.8 Å². The molecule has 0 unspecified atom stereocenters. The Labute approximate surface area is 197 Å². The quantitative estimate of drug-likeness (QED) is 0.246. The number of hydrogen-bond donors (Lipinski definition) is 1.